The number of anilines is 1. The third kappa shape index (κ3) is 4.10. The van der Waals surface area contributed by atoms with Gasteiger partial charge in [-0.15, -0.1) is 0 Å². The fraction of sp³-hybridized carbons (Fsp3) is 0.133. The SMILES string of the molecule is O=C(Cc1ccc(F)cc1)Nc1ccccc1S(=O)(=O)C(F)F. The Balaban J connectivity index is 2.20. The zero-order chi connectivity index (χ0) is 17.0. The Kier molecular flexibility index (Phi) is 5.05. The van der Waals surface area contributed by atoms with Crippen molar-refractivity contribution in [2.45, 2.75) is 17.1 Å². The van der Waals surface area contributed by atoms with E-state index >= 15 is 0 Å². The first-order valence-corrected chi connectivity index (χ1v) is 8.00. The summed E-state index contributed by atoms with van der Waals surface area (Å²) in [6.07, 6.45) is -0.149. The van der Waals surface area contributed by atoms with Gasteiger partial charge in [-0.1, -0.05) is 24.3 Å². The standard InChI is InChI=1S/C15H12F3NO3S/c16-11-7-5-10(6-8-11)9-14(20)19-12-3-1-2-4-13(12)23(21,22)15(17)18/h1-8,15H,9H2,(H,19,20). The maximum atomic E-state index is 12.8. The van der Waals surface area contributed by atoms with Crippen molar-refractivity contribution in [3.63, 3.8) is 0 Å². The lowest BCUT2D eigenvalue weighted by atomic mass is 10.1. The molecule has 0 saturated carbocycles. The number of hydrogen-bond donors (Lipinski definition) is 1. The number of carbonyl (C=O) groups excluding carboxylic acids is 1. The highest BCUT2D eigenvalue weighted by Crippen LogP contribution is 2.26. The summed E-state index contributed by atoms with van der Waals surface area (Å²) in [7, 11) is -4.83. The first-order chi connectivity index (χ1) is 10.8. The van der Waals surface area contributed by atoms with Crippen molar-refractivity contribution >= 4 is 21.4 Å². The second kappa shape index (κ2) is 6.82. The van der Waals surface area contributed by atoms with E-state index in [1.165, 1.54) is 42.5 Å². The molecule has 2 aromatic carbocycles. The third-order valence-electron chi connectivity index (χ3n) is 2.98. The summed E-state index contributed by atoms with van der Waals surface area (Å²) in [5.74, 6) is -4.64. The number of carbonyl (C=O) groups is 1. The van der Waals surface area contributed by atoms with Gasteiger partial charge in [0.2, 0.25) is 15.7 Å². The summed E-state index contributed by atoms with van der Waals surface area (Å²) in [5, 5.41) is 2.29. The number of para-hydroxylation sites is 1. The van der Waals surface area contributed by atoms with Crippen molar-refractivity contribution in [3.05, 3.63) is 59.9 Å². The van der Waals surface area contributed by atoms with E-state index in [2.05, 4.69) is 5.32 Å². The fourth-order valence-corrected chi connectivity index (χ4v) is 2.78. The normalized spacial score (nSPS) is 11.5. The van der Waals surface area contributed by atoms with Gasteiger partial charge >= 0.3 is 5.76 Å². The van der Waals surface area contributed by atoms with Crippen molar-refractivity contribution in [2.75, 3.05) is 5.32 Å². The smallest absolute Gasteiger partial charge is 0.325 e. The summed E-state index contributed by atoms with van der Waals surface area (Å²) in [5.41, 5.74) is 0.276. The van der Waals surface area contributed by atoms with Crippen molar-refractivity contribution in [1.29, 1.82) is 0 Å². The minimum atomic E-state index is -4.83. The molecule has 0 bridgehead atoms. The summed E-state index contributed by atoms with van der Waals surface area (Å²) in [4.78, 5) is 11.3. The number of sulfone groups is 1. The number of alkyl halides is 2. The maximum absolute atomic E-state index is 12.8. The molecular formula is C15H12F3NO3S. The minimum Gasteiger partial charge on any atom is -0.325 e. The van der Waals surface area contributed by atoms with E-state index in [-0.39, 0.29) is 12.1 Å². The summed E-state index contributed by atoms with van der Waals surface area (Å²) >= 11 is 0. The molecule has 1 N–H and O–H groups in total. The van der Waals surface area contributed by atoms with Gasteiger partial charge in [0, 0.05) is 0 Å². The van der Waals surface area contributed by atoms with E-state index < -0.39 is 32.2 Å². The predicted octanol–water partition coefficient (Wildman–Crippen LogP) is 3.00. The van der Waals surface area contributed by atoms with Gasteiger partial charge < -0.3 is 5.32 Å². The molecule has 2 aromatic rings. The van der Waals surface area contributed by atoms with Gasteiger partial charge in [0.15, 0.2) is 0 Å². The average molecular weight is 343 g/mol. The number of hydrogen-bond acceptors (Lipinski definition) is 3. The van der Waals surface area contributed by atoms with Crippen molar-refractivity contribution < 1.29 is 26.4 Å². The highest BCUT2D eigenvalue weighted by Gasteiger charge is 2.29. The summed E-state index contributed by atoms with van der Waals surface area (Å²) in [6.45, 7) is 0. The molecule has 0 aliphatic rings. The Bertz CT molecular complexity index is 805. The molecule has 0 heterocycles. The number of rotatable bonds is 5. The van der Waals surface area contributed by atoms with Crippen LogP contribution in [0.25, 0.3) is 0 Å². The average Bonchev–Trinajstić information content (AvgIpc) is 2.50. The molecule has 0 aromatic heterocycles. The molecule has 0 saturated heterocycles. The maximum Gasteiger partial charge on any atom is 0.341 e. The number of nitrogens with one attached hydrogen (secondary N) is 1. The van der Waals surface area contributed by atoms with Crippen LogP contribution in [0.15, 0.2) is 53.4 Å². The van der Waals surface area contributed by atoms with Crippen LogP contribution in [0.1, 0.15) is 5.56 Å². The number of benzene rings is 2. The van der Waals surface area contributed by atoms with Gasteiger partial charge in [0.1, 0.15) is 5.82 Å². The first kappa shape index (κ1) is 17.0. The van der Waals surface area contributed by atoms with Crippen LogP contribution in [0.4, 0.5) is 18.9 Å². The zero-order valence-electron chi connectivity index (χ0n) is 11.7. The number of amides is 1. The molecule has 0 aliphatic heterocycles. The Morgan fingerprint density at radius 2 is 1.65 bits per heavy atom. The van der Waals surface area contributed by atoms with Gasteiger partial charge in [-0.3, -0.25) is 4.79 Å². The molecule has 0 fully saturated rings. The number of halogens is 3. The molecule has 8 heteroatoms. The lowest BCUT2D eigenvalue weighted by molar-refractivity contribution is -0.115. The molecule has 122 valence electrons. The Labute approximate surface area is 130 Å². The van der Waals surface area contributed by atoms with Crippen LogP contribution in [0.3, 0.4) is 0 Å². The molecule has 2 rings (SSSR count). The fourth-order valence-electron chi connectivity index (χ4n) is 1.90. The van der Waals surface area contributed by atoms with E-state index in [9.17, 15) is 26.4 Å². The monoisotopic (exact) mass is 343 g/mol. The predicted molar refractivity (Wildman–Crippen MR) is 78.4 cm³/mol. The van der Waals surface area contributed by atoms with Crippen LogP contribution in [-0.4, -0.2) is 20.1 Å². The topological polar surface area (TPSA) is 63.2 Å². The highest BCUT2D eigenvalue weighted by atomic mass is 32.2. The zero-order valence-corrected chi connectivity index (χ0v) is 12.5. The quantitative estimate of drug-likeness (QED) is 0.908. The van der Waals surface area contributed by atoms with Gasteiger partial charge in [-0.25, -0.2) is 12.8 Å². The van der Waals surface area contributed by atoms with Gasteiger partial charge in [0.05, 0.1) is 17.0 Å². The van der Waals surface area contributed by atoms with Crippen molar-refractivity contribution in [3.8, 4) is 0 Å². The largest absolute Gasteiger partial charge is 0.341 e. The second-order valence-electron chi connectivity index (χ2n) is 4.65. The molecule has 23 heavy (non-hydrogen) atoms. The Morgan fingerprint density at radius 1 is 1.04 bits per heavy atom. The van der Waals surface area contributed by atoms with Crippen LogP contribution >= 0.6 is 0 Å². The molecule has 0 unspecified atom stereocenters. The third-order valence-corrected chi connectivity index (χ3v) is 4.42. The van der Waals surface area contributed by atoms with Gasteiger partial charge in [-0.05, 0) is 29.8 Å². The Morgan fingerprint density at radius 3 is 2.26 bits per heavy atom. The van der Waals surface area contributed by atoms with Gasteiger partial charge in [-0.2, -0.15) is 8.78 Å². The van der Waals surface area contributed by atoms with Crippen LogP contribution in [0.5, 0.6) is 0 Å². The molecule has 0 spiro atoms. The minimum absolute atomic E-state index is 0.149. The summed E-state index contributed by atoms with van der Waals surface area (Å²) in [6, 6.07) is 10.1. The molecular weight excluding hydrogens is 331 g/mol. The molecule has 0 atom stereocenters. The first-order valence-electron chi connectivity index (χ1n) is 6.46. The lowest BCUT2D eigenvalue weighted by Crippen LogP contribution is -2.19. The van der Waals surface area contributed by atoms with E-state index in [0.29, 0.717) is 5.56 Å². The molecule has 0 aliphatic carbocycles. The van der Waals surface area contributed by atoms with Crippen molar-refractivity contribution in [1.82, 2.24) is 0 Å². The van der Waals surface area contributed by atoms with E-state index in [4.69, 9.17) is 0 Å². The highest BCUT2D eigenvalue weighted by molar-refractivity contribution is 7.91. The van der Waals surface area contributed by atoms with Crippen molar-refractivity contribution in [2.24, 2.45) is 0 Å². The molecule has 1 amide bonds. The lowest BCUT2D eigenvalue weighted by Gasteiger charge is -2.11. The van der Waals surface area contributed by atoms with E-state index in [0.717, 1.165) is 6.07 Å². The summed E-state index contributed by atoms with van der Waals surface area (Å²) < 4.78 is 61.3. The Hall–Kier alpha value is -2.35. The molecule has 0 radical (unpaired) electrons. The van der Waals surface area contributed by atoms with E-state index in [1.54, 1.807) is 0 Å². The van der Waals surface area contributed by atoms with Crippen LogP contribution in [0, 0.1) is 5.82 Å². The second-order valence-corrected chi connectivity index (χ2v) is 6.54. The van der Waals surface area contributed by atoms with E-state index in [1.807, 2.05) is 0 Å². The van der Waals surface area contributed by atoms with Crippen LogP contribution in [-0.2, 0) is 21.1 Å². The van der Waals surface area contributed by atoms with Gasteiger partial charge in [0.25, 0.3) is 0 Å². The molecule has 4 nitrogen and oxygen atoms in total. The van der Waals surface area contributed by atoms with Crippen LogP contribution < -0.4 is 5.32 Å². The van der Waals surface area contributed by atoms with Crippen LogP contribution in [0.2, 0.25) is 0 Å².